The second-order valence-corrected chi connectivity index (χ2v) is 6.28. The van der Waals surface area contributed by atoms with Gasteiger partial charge in [0.05, 0.1) is 11.5 Å². The molecule has 1 aliphatic heterocycles. The number of amides is 3. The molecule has 0 aromatic heterocycles. The fraction of sp³-hybridized carbons (Fsp3) is 0.222. The molecule has 0 radical (unpaired) electrons. The number of ether oxygens (including phenoxy) is 1. The number of hydrogen-bond donors (Lipinski definition) is 1. The average molecular weight is 391 g/mol. The third-order valence-corrected chi connectivity index (χ3v) is 4.39. The molecule has 0 spiro atoms. The van der Waals surface area contributed by atoms with Gasteiger partial charge in [0.1, 0.15) is 11.3 Å². The molecule has 2 aromatic carbocycles. The smallest absolute Gasteiger partial charge is 0.387 e. The number of non-ortho nitro benzene ring substituents is 1. The van der Waals surface area contributed by atoms with Crippen molar-refractivity contribution in [3.63, 3.8) is 0 Å². The molecule has 1 N–H and O–H groups in total. The number of nitrogens with zero attached hydrogens (tertiary/aromatic N) is 2. The van der Waals surface area contributed by atoms with Gasteiger partial charge in [0, 0.05) is 12.1 Å². The van der Waals surface area contributed by atoms with Gasteiger partial charge in [-0.05, 0) is 30.2 Å². The van der Waals surface area contributed by atoms with E-state index in [1.165, 1.54) is 49.4 Å². The van der Waals surface area contributed by atoms with E-state index < -0.39 is 29.0 Å². The van der Waals surface area contributed by atoms with E-state index in [0.29, 0.717) is 11.1 Å². The van der Waals surface area contributed by atoms with E-state index in [9.17, 15) is 28.5 Å². The van der Waals surface area contributed by atoms with Gasteiger partial charge in [-0.15, -0.1) is 0 Å². The maximum Gasteiger partial charge on any atom is 0.387 e. The van der Waals surface area contributed by atoms with Gasteiger partial charge in [-0.1, -0.05) is 24.3 Å². The highest BCUT2D eigenvalue weighted by Gasteiger charge is 2.48. The van der Waals surface area contributed by atoms with E-state index in [-0.39, 0.29) is 18.0 Å². The molecule has 0 bridgehead atoms. The van der Waals surface area contributed by atoms with Crippen LogP contribution in [0.3, 0.4) is 0 Å². The van der Waals surface area contributed by atoms with Crippen molar-refractivity contribution in [1.82, 2.24) is 10.2 Å². The summed E-state index contributed by atoms with van der Waals surface area (Å²) >= 11 is 0. The van der Waals surface area contributed by atoms with Gasteiger partial charge < -0.3 is 10.1 Å². The van der Waals surface area contributed by atoms with Gasteiger partial charge in [0.25, 0.3) is 11.6 Å². The third kappa shape index (κ3) is 3.61. The molecule has 1 aliphatic rings. The molecule has 1 atom stereocenters. The summed E-state index contributed by atoms with van der Waals surface area (Å²) in [7, 11) is 0. The second kappa shape index (κ2) is 7.22. The van der Waals surface area contributed by atoms with Crippen molar-refractivity contribution in [2.24, 2.45) is 0 Å². The molecule has 28 heavy (non-hydrogen) atoms. The first kappa shape index (κ1) is 19.2. The van der Waals surface area contributed by atoms with Crippen LogP contribution in [0.4, 0.5) is 19.3 Å². The lowest BCUT2D eigenvalue weighted by Crippen LogP contribution is -2.40. The Kier molecular flexibility index (Phi) is 4.95. The lowest BCUT2D eigenvalue weighted by atomic mass is 9.92. The molecule has 146 valence electrons. The van der Waals surface area contributed by atoms with Crippen LogP contribution in [-0.4, -0.2) is 28.4 Å². The monoisotopic (exact) mass is 391 g/mol. The topological polar surface area (TPSA) is 102 Å². The van der Waals surface area contributed by atoms with Crippen LogP contribution >= 0.6 is 0 Å². The molecule has 1 saturated heterocycles. The maximum absolute atomic E-state index is 12.9. The fourth-order valence-electron chi connectivity index (χ4n) is 2.96. The highest BCUT2D eigenvalue weighted by molar-refractivity contribution is 6.07. The number of alkyl halides is 2. The molecule has 2 aromatic rings. The molecule has 0 unspecified atom stereocenters. The van der Waals surface area contributed by atoms with E-state index in [2.05, 4.69) is 10.1 Å². The van der Waals surface area contributed by atoms with Crippen molar-refractivity contribution in [1.29, 1.82) is 0 Å². The van der Waals surface area contributed by atoms with Crippen molar-refractivity contribution in [3.8, 4) is 5.75 Å². The summed E-state index contributed by atoms with van der Waals surface area (Å²) in [6, 6.07) is 10.3. The lowest BCUT2D eigenvalue weighted by Gasteiger charge is -2.22. The molecule has 1 heterocycles. The number of urea groups is 1. The minimum atomic E-state index is -2.97. The SMILES string of the molecule is C[C@@]1(c2ccc(OC(F)F)cc2)NC(=O)N(Cc2cccc([N+](=O)[O-])c2)C1=O. The van der Waals surface area contributed by atoms with Gasteiger partial charge in [0.15, 0.2) is 0 Å². The van der Waals surface area contributed by atoms with Crippen molar-refractivity contribution >= 4 is 17.6 Å². The van der Waals surface area contributed by atoms with E-state index >= 15 is 0 Å². The van der Waals surface area contributed by atoms with Crippen molar-refractivity contribution in [2.75, 3.05) is 0 Å². The van der Waals surface area contributed by atoms with Gasteiger partial charge in [0.2, 0.25) is 0 Å². The molecular weight excluding hydrogens is 376 g/mol. The Morgan fingerprint density at radius 3 is 2.50 bits per heavy atom. The largest absolute Gasteiger partial charge is 0.435 e. The van der Waals surface area contributed by atoms with Crippen LogP contribution in [-0.2, 0) is 16.9 Å². The zero-order valence-electron chi connectivity index (χ0n) is 14.6. The number of carbonyl (C=O) groups is 2. The van der Waals surface area contributed by atoms with Crippen LogP contribution in [0.15, 0.2) is 48.5 Å². The fourth-order valence-corrected chi connectivity index (χ4v) is 2.96. The number of nitro groups is 1. The number of benzene rings is 2. The summed E-state index contributed by atoms with van der Waals surface area (Å²) < 4.78 is 28.8. The Hall–Kier alpha value is -3.56. The normalized spacial score (nSPS) is 19.1. The quantitative estimate of drug-likeness (QED) is 0.463. The number of nitrogens with one attached hydrogen (secondary N) is 1. The lowest BCUT2D eigenvalue weighted by molar-refractivity contribution is -0.384. The number of imide groups is 1. The van der Waals surface area contributed by atoms with Gasteiger partial charge >= 0.3 is 12.6 Å². The summed E-state index contributed by atoms with van der Waals surface area (Å²) in [5.74, 6) is -0.640. The summed E-state index contributed by atoms with van der Waals surface area (Å²) in [6.07, 6.45) is 0. The first-order chi connectivity index (χ1) is 13.2. The van der Waals surface area contributed by atoms with E-state index in [0.717, 1.165) is 4.90 Å². The van der Waals surface area contributed by atoms with Gasteiger partial charge in [-0.25, -0.2) is 4.79 Å². The second-order valence-electron chi connectivity index (χ2n) is 6.28. The molecule has 8 nitrogen and oxygen atoms in total. The number of halogens is 2. The number of rotatable bonds is 6. The summed E-state index contributed by atoms with van der Waals surface area (Å²) in [4.78, 5) is 36.5. The Morgan fingerprint density at radius 1 is 1.21 bits per heavy atom. The minimum absolute atomic E-state index is 0.0763. The van der Waals surface area contributed by atoms with Gasteiger partial charge in [-0.3, -0.25) is 19.8 Å². The Balaban J connectivity index is 1.82. The third-order valence-electron chi connectivity index (χ3n) is 4.39. The van der Waals surface area contributed by atoms with Crippen LogP contribution in [0, 0.1) is 10.1 Å². The predicted molar refractivity (Wildman–Crippen MR) is 92.6 cm³/mol. The van der Waals surface area contributed by atoms with Crippen molar-refractivity contribution in [3.05, 3.63) is 69.8 Å². The minimum Gasteiger partial charge on any atom is -0.435 e. The first-order valence-electron chi connectivity index (χ1n) is 8.13. The molecule has 0 aliphatic carbocycles. The predicted octanol–water partition coefficient (Wildman–Crippen LogP) is 3.16. The van der Waals surface area contributed by atoms with Crippen LogP contribution in [0.1, 0.15) is 18.1 Å². The number of nitro benzene ring substituents is 1. The molecular formula is C18H15F2N3O5. The average Bonchev–Trinajstić information content (AvgIpc) is 2.86. The van der Waals surface area contributed by atoms with E-state index in [1.807, 2.05) is 0 Å². The molecule has 10 heteroatoms. The van der Waals surface area contributed by atoms with Crippen LogP contribution in [0.2, 0.25) is 0 Å². The van der Waals surface area contributed by atoms with Crippen LogP contribution in [0.5, 0.6) is 5.75 Å². The first-order valence-corrected chi connectivity index (χ1v) is 8.13. The molecule has 3 rings (SSSR count). The Labute approximate surface area is 157 Å². The molecule has 0 saturated carbocycles. The van der Waals surface area contributed by atoms with Gasteiger partial charge in [-0.2, -0.15) is 8.78 Å². The van der Waals surface area contributed by atoms with Crippen molar-refractivity contribution in [2.45, 2.75) is 25.6 Å². The number of carbonyl (C=O) groups excluding carboxylic acids is 2. The van der Waals surface area contributed by atoms with E-state index in [1.54, 1.807) is 6.07 Å². The Bertz CT molecular complexity index is 935. The number of hydrogen-bond acceptors (Lipinski definition) is 5. The van der Waals surface area contributed by atoms with Crippen molar-refractivity contribution < 1.29 is 28.0 Å². The summed E-state index contributed by atoms with van der Waals surface area (Å²) in [5.41, 5.74) is -0.750. The zero-order chi connectivity index (χ0) is 20.5. The Morgan fingerprint density at radius 2 is 1.89 bits per heavy atom. The van der Waals surface area contributed by atoms with Crippen LogP contribution in [0.25, 0.3) is 0 Å². The summed E-state index contributed by atoms with van der Waals surface area (Å²) in [5, 5.41) is 13.5. The highest BCUT2D eigenvalue weighted by Crippen LogP contribution is 2.31. The zero-order valence-corrected chi connectivity index (χ0v) is 14.6. The maximum atomic E-state index is 12.9. The van der Waals surface area contributed by atoms with Crippen LogP contribution < -0.4 is 10.1 Å². The van der Waals surface area contributed by atoms with E-state index in [4.69, 9.17) is 0 Å². The summed E-state index contributed by atoms with van der Waals surface area (Å²) in [6.45, 7) is -1.63. The molecule has 1 fully saturated rings. The standard InChI is InChI=1S/C18H15F2N3O5/c1-18(12-5-7-14(8-6-12)28-16(19)20)15(24)22(17(25)21-18)10-11-3-2-4-13(9-11)23(26)27/h2-9,16H,10H2,1H3,(H,21,25)/t18-/m0/s1. The molecule has 3 amide bonds. The highest BCUT2D eigenvalue weighted by atomic mass is 19.3.